The van der Waals surface area contributed by atoms with Crippen molar-refractivity contribution < 1.29 is 39.0 Å². The van der Waals surface area contributed by atoms with Crippen LogP contribution in [0, 0.1) is 0 Å². The molecular formula is C18H27N7O8. The topological polar surface area (TPSA) is 260 Å². The lowest BCUT2D eigenvalue weighted by Gasteiger charge is -2.23. The van der Waals surface area contributed by atoms with Gasteiger partial charge in [0.25, 0.3) is 0 Å². The lowest BCUT2D eigenvalue weighted by molar-refractivity contribution is -0.144. The molecule has 0 aliphatic heterocycles. The first-order chi connectivity index (χ1) is 15.4. The number of H-pyrrole nitrogens is 1. The number of aromatic nitrogens is 2. The van der Waals surface area contributed by atoms with Crippen LogP contribution in [0.15, 0.2) is 12.5 Å². The van der Waals surface area contributed by atoms with E-state index in [0.717, 1.165) is 0 Å². The molecule has 0 spiro atoms. The van der Waals surface area contributed by atoms with E-state index in [1.165, 1.54) is 19.4 Å². The zero-order valence-electron chi connectivity index (χ0n) is 17.7. The van der Waals surface area contributed by atoms with Crippen molar-refractivity contribution in [1.29, 1.82) is 0 Å². The van der Waals surface area contributed by atoms with Gasteiger partial charge in [0.05, 0.1) is 18.8 Å². The number of hydrogen-bond donors (Lipinski definition) is 8. The van der Waals surface area contributed by atoms with Crippen molar-refractivity contribution in [3.8, 4) is 0 Å². The van der Waals surface area contributed by atoms with Crippen molar-refractivity contribution in [2.75, 3.05) is 0 Å². The van der Waals surface area contributed by atoms with Gasteiger partial charge < -0.3 is 42.6 Å². The van der Waals surface area contributed by atoms with Gasteiger partial charge >= 0.3 is 11.9 Å². The van der Waals surface area contributed by atoms with Gasteiger partial charge in [0, 0.05) is 24.7 Å². The number of imidazole rings is 1. The van der Waals surface area contributed by atoms with Gasteiger partial charge in [-0.05, 0) is 13.3 Å². The maximum absolute atomic E-state index is 12.5. The van der Waals surface area contributed by atoms with Crippen LogP contribution < -0.4 is 27.4 Å². The van der Waals surface area contributed by atoms with Gasteiger partial charge in [0.1, 0.15) is 18.1 Å². The molecule has 0 bridgehead atoms. The predicted molar refractivity (Wildman–Crippen MR) is 110 cm³/mol. The Morgan fingerprint density at radius 2 is 1.67 bits per heavy atom. The SMILES string of the molecule is CC(NC(=O)C(N)Cc1cnc[nH]1)C(=O)NC(CCC(=O)O)C(=O)NC(CC(N)=O)C(=O)O. The molecule has 4 unspecified atom stereocenters. The Bertz CT molecular complexity index is 873. The first-order valence-corrected chi connectivity index (χ1v) is 9.77. The molecule has 33 heavy (non-hydrogen) atoms. The highest BCUT2D eigenvalue weighted by Gasteiger charge is 2.30. The number of carboxylic acids is 2. The Labute approximate surface area is 187 Å². The number of aromatic amines is 1. The lowest BCUT2D eigenvalue weighted by atomic mass is 10.1. The highest BCUT2D eigenvalue weighted by molar-refractivity contribution is 5.94. The summed E-state index contributed by atoms with van der Waals surface area (Å²) < 4.78 is 0. The summed E-state index contributed by atoms with van der Waals surface area (Å²) in [6.45, 7) is 1.31. The van der Waals surface area contributed by atoms with Crippen molar-refractivity contribution in [1.82, 2.24) is 25.9 Å². The normalized spacial score (nSPS) is 14.2. The van der Waals surface area contributed by atoms with Crippen LogP contribution in [0.1, 0.15) is 31.9 Å². The van der Waals surface area contributed by atoms with Gasteiger partial charge in [0.2, 0.25) is 23.6 Å². The molecule has 1 aromatic heterocycles. The molecule has 15 heteroatoms. The van der Waals surface area contributed by atoms with Gasteiger partial charge in [0.15, 0.2) is 0 Å². The second kappa shape index (κ2) is 12.7. The zero-order valence-corrected chi connectivity index (χ0v) is 17.7. The van der Waals surface area contributed by atoms with Gasteiger partial charge in [-0.3, -0.25) is 24.0 Å². The maximum Gasteiger partial charge on any atom is 0.326 e. The molecule has 4 atom stereocenters. The molecule has 0 aliphatic carbocycles. The number of nitrogens with one attached hydrogen (secondary N) is 4. The quantitative estimate of drug-likeness (QED) is 0.134. The number of carbonyl (C=O) groups excluding carboxylic acids is 4. The zero-order chi connectivity index (χ0) is 25.1. The lowest BCUT2D eigenvalue weighted by Crippen LogP contribution is -2.56. The van der Waals surface area contributed by atoms with Gasteiger partial charge in [-0.2, -0.15) is 0 Å². The predicted octanol–water partition coefficient (Wildman–Crippen LogP) is -3.42. The van der Waals surface area contributed by atoms with Crippen LogP contribution in [-0.4, -0.2) is 79.9 Å². The van der Waals surface area contributed by atoms with Crippen molar-refractivity contribution in [3.05, 3.63) is 18.2 Å². The Morgan fingerprint density at radius 1 is 1.03 bits per heavy atom. The molecule has 1 aromatic rings. The molecule has 0 aromatic carbocycles. The number of rotatable bonds is 14. The van der Waals surface area contributed by atoms with Crippen LogP contribution >= 0.6 is 0 Å². The smallest absolute Gasteiger partial charge is 0.326 e. The second-order valence-corrected chi connectivity index (χ2v) is 7.18. The minimum absolute atomic E-state index is 0.125. The summed E-state index contributed by atoms with van der Waals surface area (Å²) in [7, 11) is 0. The number of carbonyl (C=O) groups is 6. The van der Waals surface area contributed by atoms with Crippen LogP contribution in [0.25, 0.3) is 0 Å². The summed E-state index contributed by atoms with van der Waals surface area (Å²) in [5.41, 5.74) is 11.4. The number of primary amides is 1. The fourth-order valence-corrected chi connectivity index (χ4v) is 2.62. The minimum atomic E-state index is -1.67. The number of hydrogen-bond acceptors (Lipinski definition) is 8. The van der Waals surface area contributed by atoms with Crippen molar-refractivity contribution >= 4 is 35.6 Å². The van der Waals surface area contributed by atoms with Crippen molar-refractivity contribution in [2.45, 2.75) is 56.8 Å². The maximum atomic E-state index is 12.5. The Kier molecular flexibility index (Phi) is 10.4. The summed E-state index contributed by atoms with van der Waals surface area (Å²) in [5.74, 6) is -6.34. The van der Waals surface area contributed by atoms with E-state index in [1.54, 1.807) is 0 Å². The van der Waals surface area contributed by atoms with Crippen molar-refractivity contribution in [2.24, 2.45) is 11.5 Å². The number of amides is 4. The Balaban J connectivity index is 2.78. The van der Waals surface area contributed by atoms with E-state index in [4.69, 9.17) is 21.7 Å². The molecule has 0 fully saturated rings. The monoisotopic (exact) mass is 469 g/mol. The molecule has 0 saturated heterocycles. The third kappa shape index (κ3) is 9.77. The van der Waals surface area contributed by atoms with Crippen LogP contribution in [0.2, 0.25) is 0 Å². The molecule has 0 radical (unpaired) electrons. The molecule has 1 heterocycles. The number of carboxylic acid groups (broad SMARTS) is 2. The summed E-state index contributed by atoms with van der Waals surface area (Å²) in [6, 6.07) is -5.29. The van der Waals surface area contributed by atoms with Crippen LogP contribution in [0.5, 0.6) is 0 Å². The van der Waals surface area contributed by atoms with Crippen LogP contribution in [0.3, 0.4) is 0 Å². The first-order valence-electron chi connectivity index (χ1n) is 9.77. The third-order valence-corrected chi connectivity index (χ3v) is 4.38. The first kappa shape index (κ1) is 27.0. The van der Waals surface area contributed by atoms with E-state index in [0.29, 0.717) is 5.69 Å². The highest BCUT2D eigenvalue weighted by Crippen LogP contribution is 2.03. The van der Waals surface area contributed by atoms with Crippen LogP contribution in [0.4, 0.5) is 0 Å². The van der Waals surface area contributed by atoms with Gasteiger partial charge in [-0.25, -0.2) is 9.78 Å². The standard InChI is InChI=1S/C18H27N7O8/c1-8(23-16(30)10(19)4-9-6-21-7-22-9)15(29)24-11(2-3-14(27)28)17(31)25-12(18(32)33)5-13(20)26/h6-8,10-12H,2-5,19H2,1H3,(H2,20,26)(H,21,22)(H,23,30)(H,24,29)(H,25,31)(H,27,28)(H,32,33). The second-order valence-electron chi connectivity index (χ2n) is 7.18. The van der Waals surface area contributed by atoms with Crippen LogP contribution in [-0.2, 0) is 35.2 Å². The summed E-state index contributed by atoms with van der Waals surface area (Å²) in [6.07, 6.45) is 1.41. The largest absolute Gasteiger partial charge is 0.481 e. The van der Waals surface area contributed by atoms with Crippen molar-refractivity contribution in [3.63, 3.8) is 0 Å². The summed E-state index contributed by atoms with van der Waals surface area (Å²) in [4.78, 5) is 76.9. The molecule has 15 nitrogen and oxygen atoms in total. The molecule has 182 valence electrons. The molecule has 10 N–H and O–H groups in total. The molecule has 1 rings (SSSR count). The van der Waals surface area contributed by atoms with E-state index >= 15 is 0 Å². The number of nitrogens with two attached hydrogens (primary N) is 2. The van der Waals surface area contributed by atoms with E-state index in [2.05, 4.69) is 20.6 Å². The van der Waals surface area contributed by atoms with E-state index in [1.807, 2.05) is 5.32 Å². The molecule has 0 aliphatic rings. The van der Waals surface area contributed by atoms with E-state index in [9.17, 15) is 28.8 Å². The number of nitrogens with zero attached hydrogens (tertiary/aromatic N) is 1. The number of aliphatic carboxylic acids is 2. The minimum Gasteiger partial charge on any atom is -0.481 e. The highest BCUT2D eigenvalue weighted by atomic mass is 16.4. The summed E-state index contributed by atoms with van der Waals surface area (Å²) >= 11 is 0. The van der Waals surface area contributed by atoms with E-state index in [-0.39, 0.29) is 12.8 Å². The molecular weight excluding hydrogens is 442 g/mol. The molecule has 4 amide bonds. The van der Waals surface area contributed by atoms with E-state index < -0.39 is 72.6 Å². The average Bonchev–Trinajstić information content (AvgIpc) is 3.22. The Hall–Kier alpha value is -4.01. The fraction of sp³-hybridized carbons (Fsp3) is 0.500. The average molecular weight is 469 g/mol. The molecule has 0 saturated carbocycles. The fourth-order valence-electron chi connectivity index (χ4n) is 2.62. The third-order valence-electron chi connectivity index (χ3n) is 4.38. The summed E-state index contributed by atoms with van der Waals surface area (Å²) in [5, 5.41) is 24.7. The van der Waals surface area contributed by atoms with Gasteiger partial charge in [-0.1, -0.05) is 0 Å². The van der Waals surface area contributed by atoms with Gasteiger partial charge in [-0.15, -0.1) is 0 Å². The Morgan fingerprint density at radius 3 is 2.18 bits per heavy atom.